The molecule has 0 saturated heterocycles. The fourth-order valence-electron chi connectivity index (χ4n) is 1.93. The van der Waals surface area contributed by atoms with E-state index in [-0.39, 0.29) is 29.5 Å². The summed E-state index contributed by atoms with van der Waals surface area (Å²) in [5.74, 6) is -0.691. The third kappa shape index (κ3) is 3.04. The molecule has 2 aromatic rings. The second-order valence-corrected chi connectivity index (χ2v) is 4.88. The Hall–Kier alpha value is -2.17. The topological polar surface area (TPSA) is 60.9 Å². The van der Waals surface area contributed by atoms with E-state index in [1.807, 2.05) is 10.9 Å². The van der Waals surface area contributed by atoms with Gasteiger partial charge in [-0.1, -0.05) is 6.92 Å². The van der Waals surface area contributed by atoms with Crippen LogP contribution < -0.4 is 5.73 Å². The van der Waals surface area contributed by atoms with E-state index in [9.17, 15) is 9.18 Å². The second kappa shape index (κ2) is 5.86. The number of nitrogens with zero attached hydrogens (tertiary/aromatic N) is 2. The molecule has 2 N–H and O–H groups in total. The van der Waals surface area contributed by atoms with Gasteiger partial charge in [-0.15, -0.1) is 0 Å². The van der Waals surface area contributed by atoms with Gasteiger partial charge in [0.05, 0.1) is 12.1 Å². The first-order valence-corrected chi connectivity index (χ1v) is 6.63. The summed E-state index contributed by atoms with van der Waals surface area (Å²) < 4.78 is 15.0. The highest BCUT2D eigenvalue weighted by Gasteiger charge is 2.14. The molecule has 0 bridgehead atoms. The third-order valence-corrected chi connectivity index (χ3v) is 3.36. The lowest BCUT2D eigenvalue weighted by molar-refractivity contribution is 0.0992. The summed E-state index contributed by atoms with van der Waals surface area (Å²) in [4.78, 5) is 12.1. The number of nitrogens with two attached hydrogens (primary N) is 1. The van der Waals surface area contributed by atoms with Gasteiger partial charge in [-0.05, 0) is 37.6 Å². The minimum atomic E-state index is -0.465. The van der Waals surface area contributed by atoms with Crippen molar-refractivity contribution in [3.63, 3.8) is 0 Å². The highest BCUT2D eigenvalue weighted by Crippen LogP contribution is 2.16. The van der Waals surface area contributed by atoms with Crippen LogP contribution in [0.25, 0.3) is 0 Å². The van der Waals surface area contributed by atoms with Gasteiger partial charge in [0.2, 0.25) is 0 Å². The van der Waals surface area contributed by atoms with Gasteiger partial charge in [0.15, 0.2) is 5.78 Å². The van der Waals surface area contributed by atoms with E-state index < -0.39 is 5.82 Å². The molecule has 0 aliphatic carbocycles. The van der Waals surface area contributed by atoms with Crippen molar-refractivity contribution >= 4 is 11.5 Å². The van der Waals surface area contributed by atoms with Crippen molar-refractivity contribution in [3.8, 4) is 0 Å². The van der Waals surface area contributed by atoms with Crippen LogP contribution in [0.2, 0.25) is 0 Å². The zero-order valence-electron chi connectivity index (χ0n) is 11.6. The number of nitrogen functional groups attached to an aromatic ring is 1. The average molecular weight is 275 g/mol. The largest absolute Gasteiger partial charge is 0.398 e. The normalized spacial score (nSPS) is 12.3. The first kappa shape index (κ1) is 14.2. The number of rotatable bonds is 5. The van der Waals surface area contributed by atoms with Gasteiger partial charge >= 0.3 is 0 Å². The number of ketones is 1. The number of hydrogen-bond donors (Lipinski definition) is 1. The summed E-state index contributed by atoms with van der Waals surface area (Å²) in [6.45, 7) is 4.13. The lowest BCUT2D eigenvalue weighted by Crippen LogP contribution is -2.09. The number of Topliss-reactive ketones (excluding diaryl/α,β-unsaturated/α-hetero) is 1. The first-order chi connectivity index (χ1) is 9.51. The minimum absolute atomic E-state index is 0.122. The number of hydrogen-bond acceptors (Lipinski definition) is 3. The summed E-state index contributed by atoms with van der Waals surface area (Å²) in [6.07, 6.45) is 2.94. The molecule has 106 valence electrons. The highest BCUT2D eigenvalue weighted by atomic mass is 19.1. The van der Waals surface area contributed by atoms with Crippen molar-refractivity contribution in [1.82, 2.24) is 9.78 Å². The molecule has 0 aliphatic rings. The lowest BCUT2D eigenvalue weighted by Gasteiger charge is -2.08. The number of halogens is 1. The smallest absolute Gasteiger partial charge is 0.171 e. The molecule has 0 saturated carbocycles. The molecule has 0 radical (unpaired) electrons. The Morgan fingerprint density at radius 2 is 2.20 bits per heavy atom. The number of carbonyl (C=O) groups is 1. The molecule has 1 unspecified atom stereocenters. The zero-order chi connectivity index (χ0) is 14.7. The Bertz CT molecular complexity index is 621. The van der Waals surface area contributed by atoms with Crippen LogP contribution in [0, 0.1) is 5.82 Å². The molecule has 0 fully saturated rings. The molecule has 20 heavy (non-hydrogen) atoms. The zero-order valence-corrected chi connectivity index (χ0v) is 11.6. The Morgan fingerprint density at radius 3 is 2.90 bits per heavy atom. The van der Waals surface area contributed by atoms with E-state index in [1.54, 1.807) is 6.07 Å². The van der Waals surface area contributed by atoms with E-state index in [1.165, 1.54) is 18.2 Å². The van der Waals surface area contributed by atoms with Crippen molar-refractivity contribution in [2.45, 2.75) is 32.7 Å². The summed E-state index contributed by atoms with van der Waals surface area (Å²) in [5.41, 5.74) is 6.87. The van der Waals surface area contributed by atoms with Crippen molar-refractivity contribution < 1.29 is 9.18 Å². The Kier molecular flexibility index (Phi) is 4.17. The monoisotopic (exact) mass is 275 g/mol. The summed E-state index contributed by atoms with van der Waals surface area (Å²) in [6, 6.07) is 5.91. The van der Waals surface area contributed by atoms with Crippen LogP contribution in [-0.4, -0.2) is 15.6 Å². The molecule has 4 nitrogen and oxygen atoms in total. The van der Waals surface area contributed by atoms with Crippen molar-refractivity contribution in [2.75, 3.05) is 5.73 Å². The van der Waals surface area contributed by atoms with E-state index in [2.05, 4.69) is 18.9 Å². The Balaban J connectivity index is 2.15. The van der Waals surface area contributed by atoms with Crippen LogP contribution in [0.5, 0.6) is 0 Å². The second-order valence-electron chi connectivity index (χ2n) is 4.88. The average Bonchev–Trinajstić information content (AvgIpc) is 2.89. The molecule has 2 rings (SSSR count). The molecule has 1 aromatic heterocycles. The number of benzene rings is 1. The maximum atomic E-state index is 13.2. The summed E-state index contributed by atoms with van der Waals surface area (Å²) in [7, 11) is 0. The molecule has 0 aliphatic heterocycles. The maximum Gasteiger partial charge on any atom is 0.171 e. The van der Waals surface area contributed by atoms with Gasteiger partial charge in [-0.2, -0.15) is 5.10 Å². The Labute approximate surface area is 117 Å². The fourth-order valence-corrected chi connectivity index (χ4v) is 1.93. The van der Waals surface area contributed by atoms with Crippen molar-refractivity contribution in [3.05, 3.63) is 47.5 Å². The minimum Gasteiger partial charge on any atom is -0.398 e. The predicted molar refractivity (Wildman–Crippen MR) is 76.1 cm³/mol. The van der Waals surface area contributed by atoms with Crippen LogP contribution in [-0.2, 0) is 6.42 Å². The molecule has 0 amide bonds. The molecular weight excluding hydrogens is 257 g/mol. The number of carbonyl (C=O) groups excluding carboxylic acids is 1. The predicted octanol–water partition coefficient (Wildman–Crippen LogP) is 3.00. The van der Waals surface area contributed by atoms with E-state index in [4.69, 9.17) is 5.73 Å². The Morgan fingerprint density at radius 1 is 1.45 bits per heavy atom. The molecule has 1 heterocycles. The van der Waals surface area contributed by atoms with Gasteiger partial charge in [0.25, 0.3) is 0 Å². The highest BCUT2D eigenvalue weighted by molar-refractivity contribution is 6.01. The van der Waals surface area contributed by atoms with Gasteiger partial charge in [-0.25, -0.2) is 4.39 Å². The quantitative estimate of drug-likeness (QED) is 0.674. The maximum absolute atomic E-state index is 13.2. The van der Waals surface area contributed by atoms with Crippen molar-refractivity contribution in [1.29, 1.82) is 0 Å². The lowest BCUT2D eigenvalue weighted by atomic mass is 10.0. The number of aromatic nitrogens is 2. The summed E-state index contributed by atoms with van der Waals surface area (Å²) in [5, 5.41) is 4.36. The molecular formula is C15H18FN3O. The standard InChI is InChI=1S/C15H18FN3O/c1-3-10(2)19-7-6-12(18-19)9-15(20)13-8-11(16)4-5-14(13)17/h4-8,10H,3,9,17H2,1-2H3. The van der Waals surface area contributed by atoms with Crippen LogP contribution in [0.4, 0.5) is 10.1 Å². The van der Waals surface area contributed by atoms with Crippen LogP contribution in [0.15, 0.2) is 30.5 Å². The van der Waals surface area contributed by atoms with Crippen molar-refractivity contribution in [2.24, 2.45) is 0 Å². The SMILES string of the molecule is CCC(C)n1ccc(CC(=O)c2cc(F)ccc2N)n1. The van der Waals surface area contributed by atoms with Crippen LogP contribution in [0.3, 0.4) is 0 Å². The van der Waals surface area contributed by atoms with E-state index in [0.29, 0.717) is 5.69 Å². The van der Waals surface area contributed by atoms with E-state index >= 15 is 0 Å². The first-order valence-electron chi connectivity index (χ1n) is 6.63. The van der Waals surface area contributed by atoms with E-state index in [0.717, 1.165) is 6.42 Å². The van der Waals surface area contributed by atoms with Gasteiger partial charge in [0.1, 0.15) is 5.82 Å². The van der Waals surface area contributed by atoms with Gasteiger partial charge in [-0.3, -0.25) is 9.48 Å². The molecule has 5 heteroatoms. The van der Waals surface area contributed by atoms with Gasteiger partial charge < -0.3 is 5.73 Å². The molecule has 0 spiro atoms. The molecule has 1 aromatic carbocycles. The van der Waals surface area contributed by atoms with Crippen LogP contribution in [0.1, 0.15) is 42.4 Å². The fraction of sp³-hybridized carbons (Fsp3) is 0.333. The number of anilines is 1. The third-order valence-electron chi connectivity index (χ3n) is 3.36. The van der Waals surface area contributed by atoms with Crippen LogP contribution >= 0.6 is 0 Å². The van der Waals surface area contributed by atoms with Gasteiger partial charge in [0, 0.05) is 23.5 Å². The summed E-state index contributed by atoms with van der Waals surface area (Å²) >= 11 is 0. The molecule has 1 atom stereocenters.